The van der Waals surface area contributed by atoms with Gasteiger partial charge in [-0.25, -0.2) is 4.98 Å². The summed E-state index contributed by atoms with van der Waals surface area (Å²) in [7, 11) is 0. The number of benzene rings is 1. The molecule has 2 aromatic rings. The standard InChI is InChI=1S/C20H22N2O5/c23-19(24)8-4-5-13-26-17-9-10-18(21-14-17)22(11-12-22)20(25)27-15-16-6-2-1-3-7-16/h1-3,6-7,9-10,14H,4-5,8,11-13,15H2/p+1. The molecular weight excluding hydrogens is 348 g/mol. The molecule has 142 valence electrons. The van der Waals surface area contributed by atoms with Gasteiger partial charge in [0.15, 0.2) is 0 Å². The van der Waals surface area contributed by atoms with Crippen LogP contribution in [-0.2, 0) is 16.1 Å². The lowest BCUT2D eigenvalue weighted by Crippen LogP contribution is -2.35. The molecule has 1 fully saturated rings. The molecule has 7 heteroatoms. The first-order valence-electron chi connectivity index (χ1n) is 9.00. The number of carboxylic acid groups (broad SMARTS) is 1. The second kappa shape index (κ2) is 8.64. The van der Waals surface area contributed by atoms with Crippen LogP contribution in [0.1, 0.15) is 24.8 Å². The number of hydrogen-bond acceptors (Lipinski definition) is 5. The van der Waals surface area contributed by atoms with Gasteiger partial charge in [-0.2, -0.15) is 9.28 Å². The average Bonchev–Trinajstić information content (AvgIpc) is 3.49. The minimum absolute atomic E-state index is 0.103. The van der Waals surface area contributed by atoms with Gasteiger partial charge in [-0.3, -0.25) is 4.79 Å². The van der Waals surface area contributed by atoms with Crippen molar-refractivity contribution in [1.82, 2.24) is 9.47 Å². The molecule has 0 saturated carbocycles. The Bertz CT molecular complexity index is 773. The van der Waals surface area contributed by atoms with E-state index >= 15 is 0 Å². The van der Waals surface area contributed by atoms with E-state index in [1.165, 1.54) is 0 Å². The van der Waals surface area contributed by atoms with Crippen molar-refractivity contribution in [1.29, 1.82) is 0 Å². The normalized spacial score (nSPS) is 14.4. The van der Waals surface area contributed by atoms with Gasteiger partial charge >= 0.3 is 12.1 Å². The fraction of sp³-hybridized carbons (Fsp3) is 0.350. The molecule has 0 unspecified atom stereocenters. The fourth-order valence-electron chi connectivity index (χ4n) is 2.73. The van der Waals surface area contributed by atoms with Crippen LogP contribution >= 0.6 is 0 Å². The largest absolute Gasteiger partial charge is 0.523 e. The van der Waals surface area contributed by atoms with E-state index < -0.39 is 5.97 Å². The quantitative estimate of drug-likeness (QED) is 0.413. The lowest BCUT2D eigenvalue weighted by atomic mass is 10.2. The Morgan fingerprint density at radius 2 is 1.85 bits per heavy atom. The topological polar surface area (TPSA) is 85.7 Å². The highest BCUT2D eigenvalue weighted by Crippen LogP contribution is 2.32. The number of unbranched alkanes of at least 4 members (excludes halogenated alkanes) is 1. The van der Waals surface area contributed by atoms with Crippen molar-refractivity contribution in [3.63, 3.8) is 0 Å². The first-order valence-corrected chi connectivity index (χ1v) is 9.00. The molecule has 0 radical (unpaired) electrons. The van der Waals surface area contributed by atoms with Crippen molar-refractivity contribution < 1.29 is 24.2 Å². The monoisotopic (exact) mass is 371 g/mol. The van der Waals surface area contributed by atoms with Crippen LogP contribution in [0.3, 0.4) is 0 Å². The molecule has 1 aromatic heterocycles. The Labute approximate surface area is 157 Å². The Balaban J connectivity index is 1.50. The molecule has 0 spiro atoms. The highest BCUT2D eigenvalue weighted by Gasteiger charge is 2.55. The zero-order valence-electron chi connectivity index (χ0n) is 15.0. The van der Waals surface area contributed by atoms with Crippen LogP contribution in [-0.4, -0.2) is 41.8 Å². The molecule has 1 aliphatic rings. The molecule has 27 heavy (non-hydrogen) atoms. The van der Waals surface area contributed by atoms with Gasteiger partial charge in [0.1, 0.15) is 25.4 Å². The maximum atomic E-state index is 12.5. The van der Waals surface area contributed by atoms with E-state index in [9.17, 15) is 9.59 Å². The predicted molar refractivity (Wildman–Crippen MR) is 99.4 cm³/mol. The Hall–Kier alpha value is -2.93. The highest BCUT2D eigenvalue weighted by molar-refractivity contribution is 5.84. The average molecular weight is 371 g/mol. The lowest BCUT2D eigenvalue weighted by Gasteiger charge is -2.14. The molecule has 1 aliphatic heterocycles. The van der Waals surface area contributed by atoms with Crippen molar-refractivity contribution >= 4 is 17.9 Å². The van der Waals surface area contributed by atoms with E-state index in [4.69, 9.17) is 14.6 Å². The molecule has 1 N–H and O–H groups in total. The van der Waals surface area contributed by atoms with E-state index in [-0.39, 0.29) is 23.6 Å². The van der Waals surface area contributed by atoms with E-state index in [1.807, 2.05) is 30.3 Å². The minimum Gasteiger partial charge on any atom is -0.492 e. The van der Waals surface area contributed by atoms with Crippen LogP contribution in [0.4, 0.5) is 10.6 Å². The van der Waals surface area contributed by atoms with Crippen molar-refractivity contribution in [2.45, 2.75) is 25.9 Å². The molecule has 2 heterocycles. The number of carboxylic acids is 1. The number of amides is 1. The Morgan fingerprint density at radius 1 is 1.07 bits per heavy atom. The SMILES string of the molecule is O=C(O)CCCCOc1ccc([N+]2(C(=O)OCc3ccccc3)CC2)nc1. The summed E-state index contributed by atoms with van der Waals surface area (Å²) < 4.78 is 11.1. The number of aromatic nitrogens is 1. The minimum atomic E-state index is -0.798. The van der Waals surface area contributed by atoms with E-state index in [0.29, 0.717) is 44.1 Å². The first kappa shape index (κ1) is 18.8. The summed E-state index contributed by atoms with van der Waals surface area (Å²) in [6, 6.07) is 13.1. The van der Waals surface area contributed by atoms with Crippen molar-refractivity contribution in [3.8, 4) is 5.75 Å². The summed E-state index contributed by atoms with van der Waals surface area (Å²) in [5.74, 6) is 0.450. The highest BCUT2D eigenvalue weighted by atomic mass is 16.6. The van der Waals surface area contributed by atoms with Gasteiger partial charge in [0, 0.05) is 12.5 Å². The van der Waals surface area contributed by atoms with Gasteiger partial charge in [0.05, 0.1) is 12.8 Å². The lowest BCUT2D eigenvalue weighted by molar-refractivity contribution is -0.137. The van der Waals surface area contributed by atoms with Crippen molar-refractivity contribution in [2.24, 2.45) is 0 Å². The van der Waals surface area contributed by atoms with Crippen LogP contribution in [0.2, 0.25) is 0 Å². The summed E-state index contributed by atoms with van der Waals surface area (Å²) >= 11 is 0. The summed E-state index contributed by atoms with van der Waals surface area (Å²) in [6.07, 6.45) is 2.68. The van der Waals surface area contributed by atoms with E-state index in [2.05, 4.69) is 4.98 Å². The predicted octanol–water partition coefficient (Wildman–Crippen LogP) is 3.37. The number of carbonyl (C=O) groups is 2. The smallest absolute Gasteiger partial charge is 0.492 e. The van der Waals surface area contributed by atoms with Crippen LogP contribution in [0, 0.1) is 0 Å². The third kappa shape index (κ3) is 5.04. The number of nitrogens with zero attached hydrogens (tertiary/aromatic N) is 2. The summed E-state index contributed by atoms with van der Waals surface area (Å²) in [6.45, 7) is 2.04. The molecule has 3 rings (SSSR count). The maximum absolute atomic E-state index is 12.5. The van der Waals surface area contributed by atoms with Gasteiger partial charge in [-0.15, -0.1) is 0 Å². The van der Waals surface area contributed by atoms with Crippen molar-refractivity contribution in [3.05, 3.63) is 54.2 Å². The third-order valence-electron chi connectivity index (χ3n) is 4.44. The van der Waals surface area contributed by atoms with Crippen LogP contribution < -0.4 is 9.22 Å². The third-order valence-corrected chi connectivity index (χ3v) is 4.44. The van der Waals surface area contributed by atoms with Gasteiger partial charge in [-0.05, 0) is 24.5 Å². The first-order chi connectivity index (χ1) is 13.1. The van der Waals surface area contributed by atoms with Crippen molar-refractivity contribution in [2.75, 3.05) is 19.7 Å². The molecular formula is C20H23N2O5+. The fourth-order valence-corrected chi connectivity index (χ4v) is 2.73. The van der Waals surface area contributed by atoms with Gasteiger partial charge in [-0.1, -0.05) is 30.3 Å². The Morgan fingerprint density at radius 3 is 2.48 bits per heavy atom. The van der Waals surface area contributed by atoms with Gasteiger partial charge in [0.2, 0.25) is 5.82 Å². The molecule has 0 aliphatic carbocycles. The Kier molecular flexibility index (Phi) is 6.03. The molecule has 1 amide bonds. The second-order valence-electron chi connectivity index (χ2n) is 6.51. The number of pyridine rings is 1. The van der Waals surface area contributed by atoms with Crippen LogP contribution in [0.25, 0.3) is 0 Å². The van der Waals surface area contributed by atoms with Gasteiger partial charge in [0.25, 0.3) is 0 Å². The zero-order valence-corrected chi connectivity index (χ0v) is 15.0. The maximum Gasteiger partial charge on any atom is 0.523 e. The molecule has 1 saturated heterocycles. The summed E-state index contributed by atoms with van der Waals surface area (Å²) in [5.41, 5.74) is 0.949. The number of quaternary nitrogens is 1. The van der Waals surface area contributed by atoms with Crippen LogP contribution in [0.15, 0.2) is 48.7 Å². The molecule has 0 bridgehead atoms. The molecule has 0 atom stereocenters. The second-order valence-corrected chi connectivity index (χ2v) is 6.51. The van der Waals surface area contributed by atoms with Gasteiger partial charge < -0.3 is 14.6 Å². The summed E-state index contributed by atoms with van der Waals surface area (Å²) in [5, 5.41) is 8.60. The van der Waals surface area contributed by atoms with E-state index in [0.717, 1.165) is 5.56 Å². The molecule has 1 aromatic carbocycles. The van der Waals surface area contributed by atoms with E-state index in [1.54, 1.807) is 18.3 Å². The molecule has 7 nitrogen and oxygen atoms in total. The van der Waals surface area contributed by atoms with Crippen LogP contribution in [0.5, 0.6) is 5.75 Å². The zero-order chi connectivity index (χ0) is 19.1. The number of carbonyl (C=O) groups excluding carboxylic acids is 1. The number of hydrogen-bond donors (Lipinski definition) is 1. The number of ether oxygens (including phenoxy) is 2. The summed E-state index contributed by atoms with van der Waals surface area (Å²) in [4.78, 5) is 27.3. The number of rotatable bonds is 9. The number of aliphatic carboxylic acids is 1.